The second-order valence-electron chi connectivity index (χ2n) is 5.98. The molecule has 1 N–H and O–H groups in total. The van der Waals surface area contributed by atoms with Gasteiger partial charge < -0.3 is 9.67 Å². The Hall–Kier alpha value is -1.81. The number of aryl methyl sites for hydroxylation is 1. The molecule has 1 aliphatic rings. The molecular weight excluding hydrogens is 302 g/mol. The molecule has 0 aliphatic heterocycles. The summed E-state index contributed by atoms with van der Waals surface area (Å²) in [6, 6.07) is 4.07. The van der Waals surface area contributed by atoms with E-state index in [9.17, 15) is 9.59 Å². The molecule has 0 amide bonds. The predicted octanol–water partition coefficient (Wildman–Crippen LogP) is 3.62. The zero-order chi connectivity index (χ0) is 16.0. The van der Waals surface area contributed by atoms with E-state index >= 15 is 0 Å². The minimum atomic E-state index is -0.896. The van der Waals surface area contributed by atoms with Crippen molar-refractivity contribution in [1.29, 1.82) is 0 Å². The van der Waals surface area contributed by atoms with E-state index in [0.29, 0.717) is 22.0 Å². The lowest BCUT2D eigenvalue weighted by Gasteiger charge is -2.19. The molecule has 22 heavy (non-hydrogen) atoms. The van der Waals surface area contributed by atoms with E-state index < -0.39 is 5.97 Å². The maximum absolute atomic E-state index is 12.8. The van der Waals surface area contributed by atoms with Crippen LogP contribution in [-0.4, -0.2) is 15.6 Å². The summed E-state index contributed by atoms with van der Waals surface area (Å²) in [5.74, 6) is -0.896. The molecule has 116 valence electrons. The zero-order valence-corrected chi connectivity index (χ0v) is 13.4. The summed E-state index contributed by atoms with van der Waals surface area (Å²) in [6.45, 7) is 3.89. The van der Waals surface area contributed by atoms with Crippen molar-refractivity contribution in [2.24, 2.45) is 0 Å². The van der Waals surface area contributed by atoms with Gasteiger partial charge in [0, 0.05) is 23.7 Å². The highest BCUT2D eigenvalue weighted by atomic mass is 35.5. The molecule has 2 aromatic rings. The largest absolute Gasteiger partial charge is 0.481 e. The maximum Gasteiger partial charge on any atom is 0.303 e. The first kappa shape index (κ1) is 15.1. The Morgan fingerprint density at radius 2 is 2.05 bits per heavy atom. The van der Waals surface area contributed by atoms with Crippen LogP contribution in [0.1, 0.15) is 42.1 Å². The van der Waals surface area contributed by atoms with Crippen molar-refractivity contribution < 1.29 is 9.90 Å². The monoisotopic (exact) mass is 319 g/mol. The standard InChI is InChI=1S/C17H18ClNO3/c1-9-3-7-13(18)15-16(9)19(11-4-5-11)10(2)12(17(15)22)6-8-14(20)21/h3,7,11H,4-6,8H2,1-2H3,(H,20,21). The van der Waals surface area contributed by atoms with E-state index in [1.807, 2.05) is 19.9 Å². The number of aliphatic carboxylic acids is 1. The number of fused-ring (bicyclic) bond motifs is 1. The number of carbonyl (C=O) groups is 1. The van der Waals surface area contributed by atoms with E-state index in [0.717, 1.165) is 29.6 Å². The Morgan fingerprint density at radius 1 is 1.36 bits per heavy atom. The van der Waals surface area contributed by atoms with Crippen molar-refractivity contribution >= 4 is 28.5 Å². The lowest BCUT2D eigenvalue weighted by Crippen LogP contribution is -2.20. The Kier molecular flexibility index (Phi) is 3.73. The third-order valence-electron chi connectivity index (χ3n) is 4.37. The molecule has 1 aliphatic carbocycles. The van der Waals surface area contributed by atoms with Gasteiger partial charge in [0.1, 0.15) is 0 Å². The Morgan fingerprint density at radius 3 is 2.64 bits per heavy atom. The fourth-order valence-electron chi connectivity index (χ4n) is 3.14. The first-order valence-electron chi connectivity index (χ1n) is 7.46. The van der Waals surface area contributed by atoms with E-state index in [2.05, 4.69) is 4.57 Å². The molecule has 0 atom stereocenters. The summed E-state index contributed by atoms with van der Waals surface area (Å²) >= 11 is 6.29. The number of benzene rings is 1. The molecule has 0 saturated heterocycles. The van der Waals surface area contributed by atoms with Gasteiger partial charge in [-0.25, -0.2) is 0 Å². The van der Waals surface area contributed by atoms with Crippen LogP contribution in [-0.2, 0) is 11.2 Å². The number of hydrogen-bond acceptors (Lipinski definition) is 2. The number of halogens is 1. The van der Waals surface area contributed by atoms with Crippen LogP contribution in [0.15, 0.2) is 16.9 Å². The first-order valence-corrected chi connectivity index (χ1v) is 7.84. The van der Waals surface area contributed by atoms with E-state index in [4.69, 9.17) is 16.7 Å². The van der Waals surface area contributed by atoms with Gasteiger partial charge in [0.15, 0.2) is 5.43 Å². The Bertz CT molecular complexity index is 834. The van der Waals surface area contributed by atoms with Crippen LogP contribution in [0.25, 0.3) is 10.9 Å². The van der Waals surface area contributed by atoms with Crippen molar-refractivity contribution in [2.75, 3.05) is 0 Å². The van der Waals surface area contributed by atoms with Gasteiger partial charge in [-0.1, -0.05) is 17.7 Å². The second-order valence-corrected chi connectivity index (χ2v) is 6.38. The second kappa shape index (κ2) is 5.43. The number of nitrogens with zero attached hydrogens (tertiary/aromatic N) is 1. The SMILES string of the molecule is Cc1ccc(Cl)c2c(=O)c(CCC(=O)O)c(C)n(C3CC3)c12. The molecule has 0 bridgehead atoms. The van der Waals surface area contributed by atoms with Gasteiger partial charge in [-0.3, -0.25) is 9.59 Å². The minimum absolute atomic E-state index is 0.0459. The number of rotatable bonds is 4. The summed E-state index contributed by atoms with van der Waals surface area (Å²) in [6.07, 6.45) is 2.37. The fourth-order valence-corrected chi connectivity index (χ4v) is 3.38. The third kappa shape index (κ3) is 2.41. The minimum Gasteiger partial charge on any atom is -0.481 e. The van der Waals surface area contributed by atoms with Gasteiger partial charge in [0.05, 0.1) is 15.9 Å². The van der Waals surface area contributed by atoms with Gasteiger partial charge in [-0.15, -0.1) is 0 Å². The van der Waals surface area contributed by atoms with Gasteiger partial charge in [-0.2, -0.15) is 0 Å². The molecule has 0 spiro atoms. The molecule has 1 saturated carbocycles. The summed E-state index contributed by atoms with van der Waals surface area (Å²) in [5.41, 5.74) is 3.26. The molecule has 3 rings (SSSR count). The molecule has 5 heteroatoms. The van der Waals surface area contributed by atoms with E-state index in [1.165, 1.54) is 0 Å². The summed E-state index contributed by atoms with van der Waals surface area (Å²) in [4.78, 5) is 23.7. The van der Waals surface area contributed by atoms with Crippen molar-refractivity contribution in [3.05, 3.63) is 44.2 Å². The highest BCUT2D eigenvalue weighted by molar-refractivity contribution is 6.35. The molecule has 0 unspecified atom stereocenters. The van der Waals surface area contributed by atoms with Crippen LogP contribution < -0.4 is 5.43 Å². The van der Waals surface area contributed by atoms with Crippen LogP contribution in [0, 0.1) is 13.8 Å². The Balaban J connectivity index is 2.36. The summed E-state index contributed by atoms with van der Waals surface area (Å²) < 4.78 is 2.19. The fraction of sp³-hybridized carbons (Fsp3) is 0.412. The third-order valence-corrected chi connectivity index (χ3v) is 4.68. The van der Waals surface area contributed by atoms with Crippen molar-refractivity contribution in [3.63, 3.8) is 0 Å². The van der Waals surface area contributed by atoms with Crippen LogP contribution in [0.2, 0.25) is 5.02 Å². The van der Waals surface area contributed by atoms with Gasteiger partial charge in [0.2, 0.25) is 0 Å². The average Bonchev–Trinajstić information content (AvgIpc) is 3.26. The maximum atomic E-state index is 12.8. The smallest absolute Gasteiger partial charge is 0.303 e. The number of carboxylic acid groups (broad SMARTS) is 1. The zero-order valence-electron chi connectivity index (χ0n) is 12.6. The quantitative estimate of drug-likeness (QED) is 0.936. The van der Waals surface area contributed by atoms with Crippen LogP contribution >= 0.6 is 11.6 Å². The number of carboxylic acids is 1. The van der Waals surface area contributed by atoms with E-state index in [1.54, 1.807) is 6.07 Å². The highest BCUT2D eigenvalue weighted by Crippen LogP contribution is 2.40. The van der Waals surface area contributed by atoms with Gasteiger partial charge in [0.25, 0.3) is 0 Å². The van der Waals surface area contributed by atoms with Crippen molar-refractivity contribution in [1.82, 2.24) is 4.57 Å². The molecule has 4 nitrogen and oxygen atoms in total. The molecule has 0 radical (unpaired) electrons. The molecule has 1 aromatic heterocycles. The summed E-state index contributed by atoms with van der Waals surface area (Å²) in [5, 5.41) is 9.89. The number of pyridine rings is 1. The van der Waals surface area contributed by atoms with Crippen LogP contribution in [0.5, 0.6) is 0 Å². The summed E-state index contributed by atoms with van der Waals surface area (Å²) in [7, 11) is 0. The average molecular weight is 320 g/mol. The molecule has 1 heterocycles. The topological polar surface area (TPSA) is 59.3 Å². The lowest BCUT2D eigenvalue weighted by atomic mass is 10.0. The molecular formula is C17H18ClNO3. The molecule has 1 aromatic carbocycles. The van der Waals surface area contributed by atoms with E-state index in [-0.39, 0.29) is 18.3 Å². The van der Waals surface area contributed by atoms with Crippen molar-refractivity contribution in [2.45, 2.75) is 45.6 Å². The number of hydrogen-bond donors (Lipinski definition) is 1. The predicted molar refractivity (Wildman–Crippen MR) is 86.9 cm³/mol. The van der Waals surface area contributed by atoms with Gasteiger partial charge in [-0.05, 0) is 44.7 Å². The van der Waals surface area contributed by atoms with Crippen molar-refractivity contribution in [3.8, 4) is 0 Å². The van der Waals surface area contributed by atoms with Gasteiger partial charge >= 0.3 is 5.97 Å². The lowest BCUT2D eigenvalue weighted by molar-refractivity contribution is -0.136. The highest BCUT2D eigenvalue weighted by Gasteiger charge is 2.29. The van der Waals surface area contributed by atoms with Crippen LogP contribution in [0.3, 0.4) is 0 Å². The first-order chi connectivity index (χ1) is 10.4. The Labute approximate surface area is 133 Å². The molecule has 1 fully saturated rings. The normalized spacial score (nSPS) is 14.5. The number of aromatic nitrogens is 1. The van der Waals surface area contributed by atoms with Crippen LogP contribution in [0.4, 0.5) is 0 Å².